The van der Waals surface area contributed by atoms with Crippen molar-refractivity contribution >= 4 is 11.6 Å². The Morgan fingerprint density at radius 1 is 1.56 bits per heavy atom. The van der Waals surface area contributed by atoms with Crippen molar-refractivity contribution < 1.29 is 4.79 Å². The van der Waals surface area contributed by atoms with Gasteiger partial charge in [0.2, 0.25) is 5.91 Å². The average Bonchev–Trinajstić information content (AvgIpc) is 2.27. The second-order valence-corrected chi connectivity index (χ2v) is 4.34. The van der Waals surface area contributed by atoms with Gasteiger partial charge in [-0.15, -0.1) is 0 Å². The third-order valence-corrected chi connectivity index (χ3v) is 2.41. The van der Waals surface area contributed by atoms with E-state index in [0.717, 1.165) is 5.69 Å². The molecule has 0 fully saturated rings. The van der Waals surface area contributed by atoms with E-state index in [2.05, 4.69) is 18.8 Å². The summed E-state index contributed by atoms with van der Waals surface area (Å²) in [6.07, 6.45) is 4.03. The first-order valence-electron chi connectivity index (χ1n) is 5.45. The van der Waals surface area contributed by atoms with E-state index in [-0.39, 0.29) is 5.91 Å². The molecule has 0 saturated heterocycles. The van der Waals surface area contributed by atoms with Crippen LogP contribution in [-0.4, -0.2) is 24.0 Å². The number of pyridine rings is 1. The molecule has 0 spiro atoms. The van der Waals surface area contributed by atoms with Crippen molar-refractivity contribution in [2.45, 2.75) is 26.3 Å². The number of aromatic nitrogens is 1. The smallest absolute Gasteiger partial charge is 0.243 e. The van der Waals surface area contributed by atoms with Crippen LogP contribution in [-0.2, 0) is 4.79 Å². The summed E-state index contributed by atoms with van der Waals surface area (Å²) >= 11 is 0. The molecular weight excluding hydrogens is 202 g/mol. The SMILES string of the molecule is CC(C)CC(N)C(=O)N(C)c1cccnc1. The Bertz CT molecular complexity index is 337. The lowest BCUT2D eigenvalue weighted by molar-refractivity contribution is -0.119. The van der Waals surface area contributed by atoms with Crippen LogP contribution in [0.2, 0.25) is 0 Å². The van der Waals surface area contributed by atoms with E-state index in [9.17, 15) is 4.79 Å². The Morgan fingerprint density at radius 3 is 2.75 bits per heavy atom. The molecule has 0 saturated carbocycles. The van der Waals surface area contributed by atoms with Crippen LogP contribution in [0.4, 0.5) is 5.69 Å². The number of hydrogen-bond acceptors (Lipinski definition) is 3. The number of likely N-dealkylation sites (N-methyl/N-ethyl adjacent to an activating group) is 1. The average molecular weight is 221 g/mol. The predicted molar refractivity (Wildman–Crippen MR) is 65.1 cm³/mol. The third kappa shape index (κ3) is 3.31. The summed E-state index contributed by atoms with van der Waals surface area (Å²) in [6, 6.07) is 3.20. The maximum absolute atomic E-state index is 12.0. The molecule has 0 radical (unpaired) electrons. The second kappa shape index (κ2) is 5.61. The van der Waals surface area contributed by atoms with Gasteiger partial charge in [-0.1, -0.05) is 13.8 Å². The molecule has 0 bridgehead atoms. The van der Waals surface area contributed by atoms with Crippen molar-refractivity contribution in [1.82, 2.24) is 4.98 Å². The minimum Gasteiger partial charge on any atom is -0.320 e. The maximum atomic E-state index is 12.0. The normalized spacial score (nSPS) is 12.6. The minimum atomic E-state index is -0.440. The van der Waals surface area contributed by atoms with E-state index in [1.165, 1.54) is 0 Å². The lowest BCUT2D eigenvalue weighted by Gasteiger charge is -2.21. The zero-order valence-electron chi connectivity index (χ0n) is 10.1. The Hall–Kier alpha value is -1.42. The van der Waals surface area contributed by atoms with Crippen LogP contribution in [0, 0.1) is 5.92 Å². The number of hydrogen-bond donors (Lipinski definition) is 1. The van der Waals surface area contributed by atoms with E-state index in [1.54, 1.807) is 30.4 Å². The topological polar surface area (TPSA) is 59.2 Å². The zero-order valence-corrected chi connectivity index (χ0v) is 10.1. The van der Waals surface area contributed by atoms with E-state index in [4.69, 9.17) is 5.73 Å². The van der Waals surface area contributed by atoms with Gasteiger partial charge in [-0.3, -0.25) is 9.78 Å². The number of anilines is 1. The van der Waals surface area contributed by atoms with Gasteiger partial charge >= 0.3 is 0 Å². The molecule has 1 heterocycles. The zero-order chi connectivity index (χ0) is 12.1. The van der Waals surface area contributed by atoms with E-state index >= 15 is 0 Å². The van der Waals surface area contributed by atoms with Gasteiger partial charge in [0, 0.05) is 13.2 Å². The van der Waals surface area contributed by atoms with Crippen molar-refractivity contribution in [3.8, 4) is 0 Å². The molecule has 0 aliphatic heterocycles. The van der Waals surface area contributed by atoms with Gasteiger partial charge in [-0.25, -0.2) is 0 Å². The summed E-state index contributed by atoms with van der Waals surface area (Å²) in [6.45, 7) is 4.11. The van der Waals surface area contributed by atoms with Gasteiger partial charge < -0.3 is 10.6 Å². The summed E-state index contributed by atoms with van der Waals surface area (Å²) in [5.41, 5.74) is 6.61. The first-order valence-corrected chi connectivity index (χ1v) is 5.45. The molecule has 1 aromatic heterocycles. The quantitative estimate of drug-likeness (QED) is 0.836. The van der Waals surface area contributed by atoms with Gasteiger partial charge in [0.1, 0.15) is 0 Å². The van der Waals surface area contributed by atoms with Gasteiger partial charge in [-0.05, 0) is 24.5 Å². The molecule has 1 aromatic rings. The standard InChI is InChI=1S/C12H19N3O/c1-9(2)7-11(13)12(16)15(3)10-5-4-6-14-8-10/h4-6,8-9,11H,7,13H2,1-3H3. The summed E-state index contributed by atoms with van der Waals surface area (Å²) < 4.78 is 0. The lowest BCUT2D eigenvalue weighted by atomic mass is 10.0. The number of nitrogens with zero attached hydrogens (tertiary/aromatic N) is 2. The molecule has 0 aliphatic rings. The highest BCUT2D eigenvalue weighted by Gasteiger charge is 2.19. The van der Waals surface area contributed by atoms with Crippen molar-refractivity contribution in [3.05, 3.63) is 24.5 Å². The van der Waals surface area contributed by atoms with Gasteiger partial charge in [0.15, 0.2) is 0 Å². The van der Waals surface area contributed by atoms with Crippen molar-refractivity contribution in [3.63, 3.8) is 0 Å². The van der Waals surface area contributed by atoms with E-state index in [0.29, 0.717) is 12.3 Å². The van der Waals surface area contributed by atoms with Gasteiger partial charge in [0.25, 0.3) is 0 Å². The first-order chi connectivity index (χ1) is 7.52. The van der Waals surface area contributed by atoms with Crippen LogP contribution >= 0.6 is 0 Å². The molecule has 4 nitrogen and oxygen atoms in total. The molecule has 4 heteroatoms. The summed E-state index contributed by atoms with van der Waals surface area (Å²) in [5.74, 6) is 0.350. The highest BCUT2D eigenvalue weighted by atomic mass is 16.2. The molecule has 0 aliphatic carbocycles. The van der Waals surface area contributed by atoms with Crippen LogP contribution in [0.3, 0.4) is 0 Å². The first kappa shape index (κ1) is 12.6. The summed E-state index contributed by atoms with van der Waals surface area (Å²) in [5, 5.41) is 0. The number of rotatable bonds is 4. The molecule has 0 aromatic carbocycles. The highest BCUT2D eigenvalue weighted by Crippen LogP contribution is 2.12. The monoisotopic (exact) mass is 221 g/mol. The minimum absolute atomic E-state index is 0.0679. The Morgan fingerprint density at radius 2 is 2.25 bits per heavy atom. The molecule has 1 rings (SSSR count). The molecule has 1 atom stereocenters. The lowest BCUT2D eigenvalue weighted by Crippen LogP contribution is -2.42. The maximum Gasteiger partial charge on any atom is 0.243 e. The predicted octanol–water partition coefficient (Wildman–Crippen LogP) is 1.42. The summed E-state index contributed by atoms with van der Waals surface area (Å²) in [4.78, 5) is 17.5. The van der Waals surface area contributed by atoms with Gasteiger partial charge in [-0.2, -0.15) is 0 Å². The molecule has 2 N–H and O–H groups in total. The third-order valence-electron chi connectivity index (χ3n) is 2.41. The van der Waals surface area contributed by atoms with Crippen molar-refractivity contribution in [2.75, 3.05) is 11.9 Å². The Kier molecular flexibility index (Phi) is 4.43. The molecule has 1 unspecified atom stereocenters. The van der Waals surface area contributed by atoms with Crippen LogP contribution in [0.15, 0.2) is 24.5 Å². The van der Waals surface area contributed by atoms with Crippen LogP contribution in [0.25, 0.3) is 0 Å². The molecule has 16 heavy (non-hydrogen) atoms. The second-order valence-electron chi connectivity index (χ2n) is 4.34. The molecule has 1 amide bonds. The van der Waals surface area contributed by atoms with Crippen LogP contribution < -0.4 is 10.6 Å². The Labute approximate surface area is 96.5 Å². The van der Waals surface area contributed by atoms with E-state index < -0.39 is 6.04 Å². The largest absolute Gasteiger partial charge is 0.320 e. The van der Waals surface area contributed by atoms with E-state index in [1.807, 2.05) is 6.07 Å². The van der Waals surface area contributed by atoms with Crippen molar-refractivity contribution in [1.29, 1.82) is 0 Å². The summed E-state index contributed by atoms with van der Waals surface area (Å²) in [7, 11) is 1.72. The number of carbonyl (C=O) groups is 1. The number of amides is 1. The number of carbonyl (C=O) groups excluding carboxylic acids is 1. The Balaban J connectivity index is 2.67. The molecule has 88 valence electrons. The highest BCUT2D eigenvalue weighted by molar-refractivity contribution is 5.96. The van der Waals surface area contributed by atoms with Crippen LogP contribution in [0.1, 0.15) is 20.3 Å². The van der Waals surface area contributed by atoms with Crippen molar-refractivity contribution in [2.24, 2.45) is 11.7 Å². The number of nitrogens with two attached hydrogens (primary N) is 1. The molecular formula is C12H19N3O. The fraction of sp³-hybridized carbons (Fsp3) is 0.500. The van der Waals surface area contributed by atoms with Gasteiger partial charge in [0.05, 0.1) is 17.9 Å². The fourth-order valence-corrected chi connectivity index (χ4v) is 1.54. The van der Waals surface area contributed by atoms with Crippen LogP contribution in [0.5, 0.6) is 0 Å². The fourth-order valence-electron chi connectivity index (χ4n) is 1.54.